The summed E-state index contributed by atoms with van der Waals surface area (Å²) in [6.45, 7) is -0.480. The molecule has 1 aliphatic carbocycles. The average Bonchev–Trinajstić information content (AvgIpc) is 2.79. The molecule has 180 valence electrons. The first-order valence-electron chi connectivity index (χ1n) is 11.0. The minimum atomic E-state index is -4.24. The molecule has 0 heterocycles. The minimum Gasteiger partial charge on any atom is -0.508 e. The standard InChI is InChI=1S/C23H30N2O7S/c26-18-10-7-13-20(15-18)33(30,31)25(32-19-11-5-2-6-12-19)16-22(27)21(24-23(28)29)14-17-8-3-1-4-9-17/h1,3-4,7-10,13,15,19,21-22,24,26-27H,2,5-6,11-12,14,16H2,(H,28,29)/t21-,22+/m0/s1. The predicted octanol–water partition coefficient (Wildman–Crippen LogP) is 2.89. The molecule has 3 rings (SSSR count). The molecule has 2 aromatic carbocycles. The molecule has 1 fully saturated rings. The lowest BCUT2D eigenvalue weighted by Crippen LogP contribution is -2.50. The van der Waals surface area contributed by atoms with Crippen LogP contribution in [-0.2, 0) is 21.3 Å². The summed E-state index contributed by atoms with van der Waals surface area (Å²) in [6, 6.07) is 13.2. The van der Waals surface area contributed by atoms with Crippen LogP contribution in [0.25, 0.3) is 0 Å². The van der Waals surface area contributed by atoms with Gasteiger partial charge in [-0.2, -0.15) is 0 Å². The molecule has 0 radical (unpaired) electrons. The van der Waals surface area contributed by atoms with E-state index in [2.05, 4.69) is 5.32 Å². The van der Waals surface area contributed by atoms with E-state index in [1.807, 2.05) is 6.07 Å². The number of aromatic hydroxyl groups is 1. The first-order chi connectivity index (χ1) is 15.8. The van der Waals surface area contributed by atoms with Gasteiger partial charge in [-0.25, -0.2) is 13.2 Å². The Kier molecular flexibility index (Phi) is 8.67. The number of nitrogens with one attached hydrogen (secondary N) is 1. The van der Waals surface area contributed by atoms with Crippen LogP contribution in [0.2, 0.25) is 0 Å². The van der Waals surface area contributed by atoms with Gasteiger partial charge in [-0.05, 0) is 43.0 Å². The number of carbonyl (C=O) groups is 1. The lowest BCUT2D eigenvalue weighted by atomic mass is 9.98. The number of benzene rings is 2. The quantitative estimate of drug-likeness (QED) is 0.386. The van der Waals surface area contributed by atoms with Crippen LogP contribution in [0.5, 0.6) is 5.75 Å². The zero-order valence-electron chi connectivity index (χ0n) is 18.2. The zero-order chi connectivity index (χ0) is 23.8. The number of carboxylic acid groups (broad SMARTS) is 1. The Labute approximate surface area is 193 Å². The number of hydroxylamine groups is 1. The molecule has 0 spiro atoms. The van der Waals surface area contributed by atoms with Crippen molar-refractivity contribution in [3.8, 4) is 5.75 Å². The molecule has 0 bridgehead atoms. The van der Waals surface area contributed by atoms with Crippen LogP contribution in [0.4, 0.5) is 4.79 Å². The summed E-state index contributed by atoms with van der Waals surface area (Å²) in [5.41, 5.74) is 0.783. The molecule has 10 heteroatoms. The normalized spacial score (nSPS) is 16.9. The van der Waals surface area contributed by atoms with Crippen molar-refractivity contribution in [2.24, 2.45) is 0 Å². The number of rotatable bonds is 10. The number of nitrogens with zero attached hydrogens (tertiary/aromatic N) is 1. The third-order valence-electron chi connectivity index (χ3n) is 5.61. The van der Waals surface area contributed by atoms with Crippen molar-refractivity contribution in [1.82, 2.24) is 9.79 Å². The van der Waals surface area contributed by atoms with E-state index in [9.17, 15) is 28.5 Å². The van der Waals surface area contributed by atoms with Crippen LogP contribution in [0.15, 0.2) is 59.5 Å². The SMILES string of the molecule is O=C(O)N[C@@H](Cc1ccccc1)[C@H](O)CN(OC1CCCCC1)S(=O)(=O)c1cccc(O)c1. The topological polar surface area (TPSA) is 136 Å². The highest BCUT2D eigenvalue weighted by atomic mass is 32.2. The summed E-state index contributed by atoms with van der Waals surface area (Å²) >= 11 is 0. The molecule has 0 aromatic heterocycles. The molecule has 1 amide bonds. The Balaban J connectivity index is 1.85. The predicted molar refractivity (Wildman–Crippen MR) is 121 cm³/mol. The summed E-state index contributed by atoms with van der Waals surface area (Å²) in [5.74, 6) is -0.219. The Hall–Kier alpha value is -2.66. The van der Waals surface area contributed by atoms with Crippen LogP contribution in [0.3, 0.4) is 0 Å². The lowest BCUT2D eigenvalue weighted by Gasteiger charge is -2.32. The number of amides is 1. The van der Waals surface area contributed by atoms with E-state index in [0.29, 0.717) is 12.8 Å². The van der Waals surface area contributed by atoms with Crippen molar-refractivity contribution in [3.05, 3.63) is 60.2 Å². The average molecular weight is 479 g/mol. The van der Waals surface area contributed by atoms with Crippen molar-refractivity contribution in [1.29, 1.82) is 0 Å². The maximum Gasteiger partial charge on any atom is 0.404 e. The molecule has 1 saturated carbocycles. The number of aliphatic hydroxyl groups excluding tert-OH is 1. The minimum absolute atomic E-state index is 0.164. The summed E-state index contributed by atoms with van der Waals surface area (Å²) in [7, 11) is -4.24. The van der Waals surface area contributed by atoms with Crippen LogP contribution in [0.1, 0.15) is 37.7 Å². The van der Waals surface area contributed by atoms with E-state index in [1.165, 1.54) is 18.2 Å². The van der Waals surface area contributed by atoms with Crippen LogP contribution >= 0.6 is 0 Å². The van der Waals surface area contributed by atoms with Gasteiger partial charge < -0.3 is 20.6 Å². The fourth-order valence-corrected chi connectivity index (χ4v) is 5.23. The molecule has 2 atom stereocenters. The molecule has 2 aromatic rings. The van der Waals surface area contributed by atoms with Crippen LogP contribution in [-0.4, -0.2) is 59.1 Å². The summed E-state index contributed by atoms with van der Waals surface area (Å²) in [6.07, 6.45) is 1.34. The summed E-state index contributed by atoms with van der Waals surface area (Å²) in [4.78, 5) is 17.0. The number of phenolic OH excluding ortho intramolecular Hbond substituents is 1. The van der Waals surface area contributed by atoms with Gasteiger partial charge in [0.2, 0.25) is 0 Å². The summed E-state index contributed by atoms with van der Waals surface area (Å²) < 4.78 is 27.4. The highest BCUT2D eigenvalue weighted by Gasteiger charge is 2.34. The molecular weight excluding hydrogens is 448 g/mol. The number of aliphatic hydroxyl groups is 1. The second-order valence-electron chi connectivity index (χ2n) is 8.17. The molecule has 0 aliphatic heterocycles. The largest absolute Gasteiger partial charge is 0.508 e. The number of sulfonamides is 1. The van der Waals surface area contributed by atoms with E-state index in [1.54, 1.807) is 24.3 Å². The monoisotopic (exact) mass is 478 g/mol. The van der Waals surface area contributed by atoms with Gasteiger partial charge in [-0.1, -0.05) is 60.1 Å². The molecule has 1 aliphatic rings. The second-order valence-corrected chi connectivity index (χ2v) is 10.00. The number of hydrogen-bond donors (Lipinski definition) is 4. The van der Waals surface area contributed by atoms with Gasteiger partial charge in [-0.3, -0.25) is 4.84 Å². The zero-order valence-corrected chi connectivity index (χ0v) is 19.0. The maximum absolute atomic E-state index is 13.3. The molecule has 33 heavy (non-hydrogen) atoms. The first kappa shape index (κ1) is 25.0. The maximum atomic E-state index is 13.3. The fourth-order valence-electron chi connectivity index (χ4n) is 3.89. The van der Waals surface area contributed by atoms with Gasteiger partial charge in [0.25, 0.3) is 10.0 Å². The van der Waals surface area contributed by atoms with Crippen molar-refractivity contribution in [2.45, 2.75) is 61.7 Å². The van der Waals surface area contributed by atoms with Gasteiger partial charge in [-0.15, -0.1) is 0 Å². The van der Waals surface area contributed by atoms with Crippen LogP contribution < -0.4 is 5.32 Å². The number of hydrogen-bond acceptors (Lipinski definition) is 6. The summed E-state index contributed by atoms with van der Waals surface area (Å²) in [5, 5.41) is 32.2. The van der Waals surface area contributed by atoms with Crippen LogP contribution in [0, 0.1) is 0 Å². The van der Waals surface area contributed by atoms with E-state index in [0.717, 1.165) is 35.4 Å². The van der Waals surface area contributed by atoms with E-state index >= 15 is 0 Å². The highest BCUT2D eigenvalue weighted by Crippen LogP contribution is 2.26. The van der Waals surface area contributed by atoms with E-state index < -0.39 is 34.8 Å². The van der Waals surface area contributed by atoms with E-state index in [4.69, 9.17) is 4.84 Å². The van der Waals surface area contributed by atoms with Crippen molar-refractivity contribution in [3.63, 3.8) is 0 Å². The Bertz CT molecular complexity index is 1010. The second kappa shape index (κ2) is 11.5. The van der Waals surface area contributed by atoms with Gasteiger partial charge in [0, 0.05) is 0 Å². The first-order valence-corrected chi connectivity index (χ1v) is 12.4. The van der Waals surface area contributed by atoms with Crippen molar-refractivity contribution in [2.75, 3.05) is 6.54 Å². The van der Waals surface area contributed by atoms with Crippen molar-refractivity contribution >= 4 is 16.1 Å². The highest BCUT2D eigenvalue weighted by molar-refractivity contribution is 7.89. The number of phenols is 1. The molecule has 0 saturated heterocycles. The van der Waals surface area contributed by atoms with Crippen molar-refractivity contribution < 1.29 is 33.4 Å². The molecule has 9 nitrogen and oxygen atoms in total. The lowest BCUT2D eigenvalue weighted by molar-refractivity contribution is -0.156. The third kappa shape index (κ3) is 7.16. The molecule has 0 unspecified atom stereocenters. The Morgan fingerprint density at radius 1 is 1.09 bits per heavy atom. The van der Waals surface area contributed by atoms with E-state index in [-0.39, 0.29) is 23.2 Å². The molecular formula is C23H30N2O7S. The smallest absolute Gasteiger partial charge is 0.404 e. The van der Waals surface area contributed by atoms with Gasteiger partial charge in [0.05, 0.1) is 29.7 Å². The van der Waals surface area contributed by atoms with Gasteiger partial charge in [0.1, 0.15) is 5.75 Å². The van der Waals surface area contributed by atoms with Gasteiger partial charge in [0.15, 0.2) is 0 Å². The fraction of sp³-hybridized carbons (Fsp3) is 0.435. The third-order valence-corrected chi connectivity index (χ3v) is 7.23. The molecule has 4 N–H and O–H groups in total. The van der Waals surface area contributed by atoms with Gasteiger partial charge >= 0.3 is 6.09 Å². The Morgan fingerprint density at radius 3 is 2.42 bits per heavy atom. The Morgan fingerprint density at radius 2 is 1.79 bits per heavy atom.